The standard InChI is InChI=1S/C11H12N4O/c1-7-10(8(2)15-16)14-11(13-7)9-4-3-5-12-6-9/h3-6,16H,1-2H3,(H,13,14). The molecule has 0 unspecified atom stereocenters. The Morgan fingerprint density at radius 2 is 2.31 bits per heavy atom. The molecule has 0 aliphatic heterocycles. The maximum Gasteiger partial charge on any atom is 0.139 e. The lowest BCUT2D eigenvalue weighted by molar-refractivity contribution is 0.319. The molecule has 0 saturated heterocycles. The molecule has 0 aliphatic carbocycles. The molecule has 0 atom stereocenters. The van der Waals surface area contributed by atoms with Gasteiger partial charge in [0, 0.05) is 23.7 Å². The zero-order valence-corrected chi connectivity index (χ0v) is 9.10. The summed E-state index contributed by atoms with van der Waals surface area (Å²) in [7, 11) is 0. The molecule has 5 heteroatoms. The molecule has 0 amide bonds. The number of aromatic amines is 1. The fraction of sp³-hybridized carbons (Fsp3) is 0.182. The van der Waals surface area contributed by atoms with Gasteiger partial charge in [0.2, 0.25) is 0 Å². The summed E-state index contributed by atoms with van der Waals surface area (Å²) in [6.07, 6.45) is 3.44. The van der Waals surface area contributed by atoms with Crippen LogP contribution >= 0.6 is 0 Å². The summed E-state index contributed by atoms with van der Waals surface area (Å²) in [4.78, 5) is 11.5. The van der Waals surface area contributed by atoms with Gasteiger partial charge in [0.25, 0.3) is 0 Å². The number of hydrogen-bond acceptors (Lipinski definition) is 4. The largest absolute Gasteiger partial charge is 0.411 e. The highest BCUT2D eigenvalue weighted by molar-refractivity contribution is 5.98. The van der Waals surface area contributed by atoms with Gasteiger partial charge < -0.3 is 10.2 Å². The van der Waals surface area contributed by atoms with E-state index < -0.39 is 0 Å². The third-order valence-electron chi connectivity index (χ3n) is 2.31. The minimum absolute atomic E-state index is 0.490. The van der Waals surface area contributed by atoms with E-state index in [0.717, 1.165) is 17.1 Å². The Morgan fingerprint density at radius 3 is 2.94 bits per heavy atom. The van der Waals surface area contributed by atoms with Crippen LogP contribution in [0.15, 0.2) is 29.7 Å². The predicted octanol–water partition coefficient (Wildman–Crippen LogP) is 1.98. The van der Waals surface area contributed by atoms with Crippen molar-refractivity contribution >= 4 is 5.71 Å². The van der Waals surface area contributed by atoms with Crippen LogP contribution < -0.4 is 0 Å². The van der Waals surface area contributed by atoms with Gasteiger partial charge >= 0.3 is 0 Å². The van der Waals surface area contributed by atoms with Gasteiger partial charge in [-0.05, 0) is 26.0 Å². The number of oxime groups is 1. The van der Waals surface area contributed by atoms with Crippen molar-refractivity contribution in [1.29, 1.82) is 0 Å². The molecule has 2 heterocycles. The number of aryl methyl sites for hydroxylation is 1. The first-order valence-electron chi connectivity index (χ1n) is 4.88. The van der Waals surface area contributed by atoms with E-state index in [4.69, 9.17) is 5.21 Å². The normalized spacial score (nSPS) is 11.8. The third-order valence-corrected chi connectivity index (χ3v) is 2.31. The molecule has 0 radical (unpaired) electrons. The Hall–Kier alpha value is -2.17. The second-order valence-corrected chi connectivity index (χ2v) is 3.49. The number of imidazole rings is 1. The van der Waals surface area contributed by atoms with Crippen LogP contribution in [0, 0.1) is 6.92 Å². The van der Waals surface area contributed by atoms with Crippen LogP contribution in [0.3, 0.4) is 0 Å². The molecular formula is C11H12N4O. The van der Waals surface area contributed by atoms with Gasteiger partial charge in [0.05, 0.1) is 0 Å². The van der Waals surface area contributed by atoms with Crippen molar-refractivity contribution in [2.75, 3.05) is 0 Å². The number of aromatic nitrogens is 3. The van der Waals surface area contributed by atoms with Crippen LogP contribution in [0.4, 0.5) is 0 Å². The smallest absolute Gasteiger partial charge is 0.139 e. The summed E-state index contributed by atoms with van der Waals surface area (Å²) >= 11 is 0. The zero-order valence-electron chi connectivity index (χ0n) is 9.10. The maximum atomic E-state index is 8.71. The molecule has 16 heavy (non-hydrogen) atoms. The van der Waals surface area contributed by atoms with Crippen molar-refractivity contribution in [3.8, 4) is 11.4 Å². The van der Waals surface area contributed by atoms with Crippen molar-refractivity contribution in [3.05, 3.63) is 35.9 Å². The van der Waals surface area contributed by atoms with Gasteiger partial charge in [-0.3, -0.25) is 4.98 Å². The van der Waals surface area contributed by atoms with E-state index in [1.165, 1.54) is 0 Å². The Bertz CT molecular complexity index is 516. The van der Waals surface area contributed by atoms with Crippen LogP contribution in [0.5, 0.6) is 0 Å². The first-order valence-corrected chi connectivity index (χ1v) is 4.88. The highest BCUT2D eigenvalue weighted by Gasteiger charge is 2.10. The lowest BCUT2D eigenvalue weighted by Gasteiger charge is -1.93. The monoisotopic (exact) mass is 216 g/mol. The van der Waals surface area contributed by atoms with Gasteiger partial charge in [-0.15, -0.1) is 0 Å². The first-order chi connectivity index (χ1) is 7.72. The molecule has 0 spiro atoms. The SMILES string of the molecule is CC(=NO)c1nc(-c2cccnc2)[nH]c1C. The lowest BCUT2D eigenvalue weighted by atomic mass is 10.2. The molecule has 5 nitrogen and oxygen atoms in total. The van der Waals surface area contributed by atoms with Crippen LogP contribution in [-0.4, -0.2) is 25.9 Å². The Balaban J connectivity index is 2.46. The molecule has 0 saturated carbocycles. The van der Waals surface area contributed by atoms with Crippen LogP contribution in [0.2, 0.25) is 0 Å². The van der Waals surface area contributed by atoms with Crippen molar-refractivity contribution in [3.63, 3.8) is 0 Å². The zero-order chi connectivity index (χ0) is 11.5. The average Bonchev–Trinajstić information content (AvgIpc) is 2.71. The van der Waals surface area contributed by atoms with Crippen LogP contribution in [-0.2, 0) is 0 Å². The third kappa shape index (κ3) is 1.79. The molecule has 0 aromatic carbocycles. The number of rotatable bonds is 2. The maximum absolute atomic E-state index is 8.71. The number of pyridine rings is 1. The fourth-order valence-corrected chi connectivity index (χ4v) is 1.50. The summed E-state index contributed by atoms with van der Waals surface area (Å²) in [5.74, 6) is 0.726. The van der Waals surface area contributed by atoms with Gasteiger partial charge in [-0.25, -0.2) is 4.98 Å². The van der Waals surface area contributed by atoms with Crippen LogP contribution in [0.25, 0.3) is 11.4 Å². The molecule has 2 N–H and O–H groups in total. The molecule has 0 aliphatic rings. The van der Waals surface area contributed by atoms with Gasteiger partial charge in [-0.1, -0.05) is 5.16 Å². The van der Waals surface area contributed by atoms with E-state index in [-0.39, 0.29) is 0 Å². The summed E-state index contributed by atoms with van der Waals surface area (Å²) < 4.78 is 0. The van der Waals surface area contributed by atoms with E-state index in [0.29, 0.717) is 11.4 Å². The fourth-order valence-electron chi connectivity index (χ4n) is 1.50. The van der Waals surface area contributed by atoms with Crippen LogP contribution in [0.1, 0.15) is 18.3 Å². The van der Waals surface area contributed by atoms with E-state index in [1.54, 1.807) is 19.3 Å². The molecule has 2 aromatic rings. The second kappa shape index (κ2) is 4.14. The first kappa shape index (κ1) is 10.4. The summed E-state index contributed by atoms with van der Waals surface area (Å²) in [5, 5.41) is 11.9. The highest BCUT2D eigenvalue weighted by atomic mass is 16.4. The molecule has 2 aromatic heterocycles. The second-order valence-electron chi connectivity index (χ2n) is 3.49. The average molecular weight is 216 g/mol. The molecule has 82 valence electrons. The Morgan fingerprint density at radius 1 is 1.50 bits per heavy atom. The van der Waals surface area contributed by atoms with Crippen molar-refractivity contribution in [2.45, 2.75) is 13.8 Å². The van der Waals surface area contributed by atoms with Crippen molar-refractivity contribution in [2.24, 2.45) is 5.16 Å². The molecular weight excluding hydrogens is 204 g/mol. The molecule has 0 fully saturated rings. The number of nitrogens with one attached hydrogen (secondary N) is 1. The minimum Gasteiger partial charge on any atom is -0.411 e. The van der Waals surface area contributed by atoms with Gasteiger partial charge in [0.1, 0.15) is 17.2 Å². The quantitative estimate of drug-likeness (QED) is 0.458. The topological polar surface area (TPSA) is 74.2 Å². The number of H-pyrrole nitrogens is 1. The summed E-state index contributed by atoms with van der Waals surface area (Å²) in [6.45, 7) is 3.59. The summed E-state index contributed by atoms with van der Waals surface area (Å²) in [6, 6.07) is 3.76. The van der Waals surface area contributed by atoms with E-state index >= 15 is 0 Å². The van der Waals surface area contributed by atoms with Crippen molar-refractivity contribution in [1.82, 2.24) is 15.0 Å². The Kier molecular flexibility index (Phi) is 2.68. The van der Waals surface area contributed by atoms with E-state index in [2.05, 4.69) is 20.1 Å². The highest BCUT2D eigenvalue weighted by Crippen LogP contribution is 2.16. The summed E-state index contributed by atoms with van der Waals surface area (Å²) in [5.41, 5.74) is 2.93. The lowest BCUT2D eigenvalue weighted by Crippen LogP contribution is -1.97. The minimum atomic E-state index is 0.490. The number of hydrogen-bond donors (Lipinski definition) is 2. The van der Waals surface area contributed by atoms with E-state index in [1.807, 2.05) is 19.1 Å². The predicted molar refractivity (Wildman–Crippen MR) is 60.6 cm³/mol. The van der Waals surface area contributed by atoms with Gasteiger partial charge in [-0.2, -0.15) is 0 Å². The molecule has 0 bridgehead atoms. The molecule has 2 rings (SSSR count). The Labute approximate surface area is 92.9 Å². The van der Waals surface area contributed by atoms with Gasteiger partial charge in [0.15, 0.2) is 0 Å². The van der Waals surface area contributed by atoms with E-state index in [9.17, 15) is 0 Å². The number of nitrogens with zero attached hydrogens (tertiary/aromatic N) is 3. The van der Waals surface area contributed by atoms with Crippen molar-refractivity contribution < 1.29 is 5.21 Å².